The molecule has 9 nitrogen and oxygen atoms in total. The normalized spacial score (nSPS) is 17.8. The van der Waals surface area contributed by atoms with E-state index in [0.717, 1.165) is 5.56 Å². The number of aromatic nitrogens is 1. The van der Waals surface area contributed by atoms with E-state index < -0.39 is 24.0 Å². The summed E-state index contributed by atoms with van der Waals surface area (Å²) in [7, 11) is 3.17. The summed E-state index contributed by atoms with van der Waals surface area (Å²) in [6, 6.07) is 14.1. The van der Waals surface area contributed by atoms with Crippen LogP contribution in [0.5, 0.6) is 11.6 Å². The van der Waals surface area contributed by atoms with Gasteiger partial charge >= 0.3 is 6.03 Å². The van der Waals surface area contributed by atoms with Crippen molar-refractivity contribution in [2.24, 2.45) is 5.92 Å². The molecule has 3 amide bonds. The number of pyridine rings is 1. The molecule has 1 aliphatic rings. The van der Waals surface area contributed by atoms with Gasteiger partial charge in [-0.3, -0.25) is 4.79 Å². The third-order valence-electron chi connectivity index (χ3n) is 6.84. The Hall–Kier alpha value is -4.18. The second kappa shape index (κ2) is 12.1. The van der Waals surface area contributed by atoms with Crippen molar-refractivity contribution in [3.05, 3.63) is 72.2 Å². The molecule has 0 spiro atoms. The van der Waals surface area contributed by atoms with Gasteiger partial charge in [0.1, 0.15) is 23.2 Å². The molecule has 0 radical (unpaired) electrons. The van der Waals surface area contributed by atoms with Gasteiger partial charge in [0, 0.05) is 31.3 Å². The van der Waals surface area contributed by atoms with Crippen LogP contribution in [0.4, 0.5) is 14.9 Å². The Labute approximate surface area is 227 Å². The minimum Gasteiger partial charge on any atom is -0.497 e. The highest BCUT2D eigenvalue weighted by atomic mass is 19.1. The molecule has 0 fully saturated rings. The molecule has 3 aromatic rings. The molecule has 3 atom stereocenters. The van der Waals surface area contributed by atoms with Crippen molar-refractivity contribution < 1.29 is 28.6 Å². The van der Waals surface area contributed by atoms with Crippen molar-refractivity contribution in [3.63, 3.8) is 0 Å². The Morgan fingerprint density at radius 3 is 2.74 bits per heavy atom. The zero-order valence-electron chi connectivity index (χ0n) is 22.4. The van der Waals surface area contributed by atoms with E-state index in [1.54, 1.807) is 50.4 Å². The number of aliphatic hydroxyl groups excluding tert-OH is 1. The molecule has 206 valence electrons. The lowest BCUT2D eigenvalue weighted by Crippen LogP contribution is -2.50. The van der Waals surface area contributed by atoms with Crippen LogP contribution in [0.2, 0.25) is 0 Å². The average Bonchev–Trinajstić information content (AvgIpc) is 2.95. The van der Waals surface area contributed by atoms with Gasteiger partial charge in [0.05, 0.1) is 32.0 Å². The molecule has 1 aromatic heterocycles. The molecule has 0 saturated heterocycles. The molecule has 4 rings (SSSR count). The van der Waals surface area contributed by atoms with E-state index in [9.17, 15) is 19.1 Å². The summed E-state index contributed by atoms with van der Waals surface area (Å²) >= 11 is 0. The van der Waals surface area contributed by atoms with Crippen molar-refractivity contribution in [2.75, 3.05) is 39.2 Å². The number of hydrogen-bond acceptors (Lipinski definition) is 6. The van der Waals surface area contributed by atoms with Crippen LogP contribution in [-0.4, -0.2) is 77.8 Å². The van der Waals surface area contributed by atoms with E-state index in [0.29, 0.717) is 11.3 Å². The molecule has 0 aliphatic carbocycles. The van der Waals surface area contributed by atoms with Gasteiger partial charge in [-0.05, 0) is 42.8 Å². The van der Waals surface area contributed by atoms with Gasteiger partial charge in [-0.25, -0.2) is 14.2 Å². The van der Waals surface area contributed by atoms with E-state index >= 15 is 0 Å². The van der Waals surface area contributed by atoms with Gasteiger partial charge in [0.25, 0.3) is 5.91 Å². The quantitative estimate of drug-likeness (QED) is 0.467. The molecule has 2 aromatic carbocycles. The Balaban J connectivity index is 1.64. The number of carbonyl (C=O) groups excluding carboxylic acids is 2. The number of hydrogen-bond donors (Lipinski definition) is 2. The average molecular weight is 537 g/mol. The summed E-state index contributed by atoms with van der Waals surface area (Å²) < 4.78 is 25.7. The molecule has 39 heavy (non-hydrogen) atoms. The fourth-order valence-corrected chi connectivity index (χ4v) is 4.41. The van der Waals surface area contributed by atoms with Gasteiger partial charge in [0.15, 0.2) is 0 Å². The van der Waals surface area contributed by atoms with Gasteiger partial charge in [0.2, 0.25) is 5.88 Å². The van der Waals surface area contributed by atoms with Crippen molar-refractivity contribution in [2.45, 2.75) is 26.0 Å². The fraction of sp³-hybridized carbons (Fsp3) is 0.345. The van der Waals surface area contributed by atoms with Gasteiger partial charge in [-0.2, -0.15) is 0 Å². The third kappa shape index (κ3) is 6.28. The standard InChI is InChI=1S/C29H33FN4O5/c1-18-15-34(19(2)17-35)28(36)23-13-21(20-8-7-9-22(12-20)38-4)14-31-27(23)39-26(18)16-33(3)29(37)32-25-11-6-5-10-24(25)30/h5-14,18-19,26,35H,15-17H2,1-4H3,(H,32,37)/t18-,19-,26-/m0/s1. The second-order valence-corrected chi connectivity index (χ2v) is 9.72. The van der Waals surface area contributed by atoms with Crippen LogP contribution in [0.3, 0.4) is 0 Å². The van der Waals surface area contributed by atoms with Gasteiger partial charge < -0.3 is 29.7 Å². The Morgan fingerprint density at radius 1 is 1.26 bits per heavy atom. The first-order valence-corrected chi connectivity index (χ1v) is 12.7. The summed E-state index contributed by atoms with van der Waals surface area (Å²) in [6.45, 7) is 3.90. The maximum absolute atomic E-state index is 14.1. The molecule has 2 N–H and O–H groups in total. The summed E-state index contributed by atoms with van der Waals surface area (Å²) in [5, 5.41) is 12.5. The van der Waals surface area contributed by atoms with Crippen molar-refractivity contribution in [1.29, 1.82) is 0 Å². The number of aliphatic hydroxyl groups is 1. The first-order chi connectivity index (χ1) is 18.7. The van der Waals surface area contributed by atoms with Crippen LogP contribution in [0.1, 0.15) is 24.2 Å². The number of likely N-dealkylation sites (N-methyl/N-ethyl adjacent to an activating group) is 1. The number of fused-ring (bicyclic) bond motifs is 1. The minimum atomic E-state index is -0.545. The predicted octanol–water partition coefficient (Wildman–Crippen LogP) is 4.28. The molecular weight excluding hydrogens is 503 g/mol. The first-order valence-electron chi connectivity index (χ1n) is 12.7. The van der Waals surface area contributed by atoms with Crippen molar-refractivity contribution in [3.8, 4) is 22.8 Å². The summed E-state index contributed by atoms with van der Waals surface area (Å²) in [6.07, 6.45) is 1.08. The summed E-state index contributed by atoms with van der Waals surface area (Å²) in [4.78, 5) is 34.0. The highest BCUT2D eigenvalue weighted by Gasteiger charge is 2.35. The number of amides is 3. The van der Waals surface area contributed by atoms with Crippen LogP contribution in [0.25, 0.3) is 11.1 Å². The number of rotatable bonds is 7. The van der Waals surface area contributed by atoms with Crippen LogP contribution < -0.4 is 14.8 Å². The zero-order valence-corrected chi connectivity index (χ0v) is 22.4. The van der Waals surface area contributed by atoms with Crippen molar-refractivity contribution >= 4 is 17.6 Å². The van der Waals surface area contributed by atoms with Crippen LogP contribution in [0.15, 0.2) is 60.8 Å². The number of nitrogens with one attached hydrogen (secondary N) is 1. The van der Waals surface area contributed by atoms with Crippen molar-refractivity contribution in [1.82, 2.24) is 14.8 Å². The van der Waals surface area contributed by atoms with E-state index in [2.05, 4.69) is 10.3 Å². The highest BCUT2D eigenvalue weighted by molar-refractivity contribution is 5.98. The molecule has 10 heteroatoms. The molecule has 0 bridgehead atoms. The lowest BCUT2D eigenvalue weighted by Gasteiger charge is -2.37. The third-order valence-corrected chi connectivity index (χ3v) is 6.84. The maximum atomic E-state index is 14.1. The molecule has 1 aliphatic heterocycles. The second-order valence-electron chi connectivity index (χ2n) is 9.72. The van der Waals surface area contributed by atoms with Crippen LogP contribution in [-0.2, 0) is 0 Å². The smallest absolute Gasteiger partial charge is 0.321 e. The molecule has 0 unspecified atom stereocenters. The number of ether oxygens (including phenoxy) is 2. The number of benzene rings is 2. The fourth-order valence-electron chi connectivity index (χ4n) is 4.41. The maximum Gasteiger partial charge on any atom is 0.321 e. The lowest BCUT2D eigenvalue weighted by atomic mass is 9.99. The zero-order chi connectivity index (χ0) is 28.1. The summed E-state index contributed by atoms with van der Waals surface area (Å²) in [5.41, 5.74) is 1.85. The largest absolute Gasteiger partial charge is 0.497 e. The minimum absolute atomic E-state index is 0.0756. The van der Waals surface area contributed by atoms with E-state index in [-0.39, 0.29) is 48.7 Å². The van der Waals surface area contributed by atoms with Crippen LogP contribution in [0, 0.1) is 11.7 Å². The Morgan fingerprint density at radius 2 is 2.03 bits per heavy atom. The van der Waals surface area contributed by atoms with Crippen LogP contribution >= 0.6 is 0 Å². The SMILES string of the molecule is COc1cccc(-c2cnc3c(c2)C(=O)N([C@@H](C)CO)C[C@H](C)[C@H](CN(C)C(=O)Nc2ccccc2F)O3)c1. The number of halogens is 1. The molecular formula is C29H33FN4O5. The van der Waals surface area contributed by atoms with Gasteiger partial charge in [-0.15, -0.1) is 0 Å². The number of anilines is 1. The number of urea groups is 1. The number of carbonyl (C=O) groups is 2. The molecule has 2 heterocycles. The Bertz CT molecular complexity index is 1340. The van der Waals surface area contributed by atoms with Gasteiger partial charge in [-0.1, -0.05) is 31.2 Å². The monoisotopic (exact) mass is 536 g/mol. The predicted molar refractivity (Wildman–Crippen MR) is 145 cm³/mol. The Kier molecular flexibility index (Phi) is 8.65. The summed E-state index contributed by atoms with van der Waals surface area (Å²) in [5.74, 6) is -0.254. The highest BCUT2D eigenvalue weighted by Crippen LogP contribution is 2.31. The number of methoxy groups -OCH3 is 1. The number of para-hydroxylation sites is 1. The number of nitrogens with zero attached hydrogens (tertiary/aromatic N) is 3. The topological polar surface area (TPSA) is 104 Å². The first kappa shape index (κ1) is 27.8. The van der Waals surface area contributed by atoms with E-state index in [4.69, 9.17) is 9.47 Å². The van der Waals surface area contributed by atoms with E-state index in [1.165, 1.54) is 17.0 Å². The lowest BCUT2D eigenvalue weighted by molar-refractivity contribution is 0.0356. The molecule has 0 saturated carbocycles. The van der Waals surface area contributed by atoms with E-state index in [1.807, 2.05) is 31.2 Å².